The van der Waals surface area contributed by atoms with Gasteiger partial charge in [-0.15, -0.1) is 0 Å². The Morgan fingerprint density at radius 1 is 1.36 bits per heavy atom. The van der Waals surface area contributed by atoms with E-state index in [0.717, 1.165) is 31.7 Å². The zero-order valence-corrected chi connectivity index (χ0v) is 13.0. The van der Waals surface area contributed by atoms with Crippen LogP contribution in [0.5, 0.6) is 0 Å². The molecule has 0 heterocycles. The van der Waals surface area contributed by atoms with E-state index < -0.39 is 14.9 Å². The first-order valence-corrected chi connectivity index (χ1v) is 8.46. The van der Waals surface area contributed by atoms with Crippen LogP contribution in [0.1, 0.15) is 25.7 Å². The normalized spacial score (nSPS) is 22.3. The van der Waals surface area contributed by atoms with Gasteiger partial charge in [-0.25, -0.2) is 13.6 Å². The van der Waals surface area contributed by atoms with Crippen LogP contribution < -0.4 is 10.5 Å². The zero-order chi connectivity index (χ0) is 16.3. The number of nitro benzene ring substituents is 1. The molecule has 8 nitrogen and oxygen atoms in total. The largest absolute Gasteiger partial charge is 0.382 e. The molecule has 9 heteroatoms. The van der Waals surface area contributed by atoms with Crippen molar-refractivity contribution in [3.8, 4) is 0 Å². The lowest BCUT2D eigenvalue weighted by Crippen LogP contribution is -2.31. The van der Waals surface area contributed by atoms with Crippen LogP contribution in [0.2, 0.25) is 0 Å². The number of nitrogens with two attached hydrogens (primary N) is 1. The number of hydrogen-bond donors (Lipinski definition) is 2. The quantitative estimate of drug-likeness (QED) is 0.624. The Hall–Kier alpha value is -1.71. The number of nitro groups is 1. The number of anilines is 1. The second-order valence-electron chi connectivity index (χ2n) is 5.38. The SMILES string of the molecule is COC1CCCC(Nc2cc([N+](=O)[O-])cc(S(N)(=O)=O)c2)C1. The van der Waals surface area contributed by atoms with Gasteiger partial charge in [-0.05, 0) is 31.7 Å². The molecule has 0 saturated heterocycles. The van der Waals surface area contributed by atoms with Gasteiger partial charge in [-0.1, -0.05) is 0 Å². The van der Waals surface area contributed by atoms with Crippen LogP contribution >= 0.6 is 0 Å². The second-order valence-corrected chi connectivity index (χ2v) is 6.94. The van der Waals surface area contributed by atoms with E-state index in [-0.39, 0.29) is 22.7 Å². The fourth-order valence-electron chi connectivity index (χ4n) is 2.66. The smallest absolute Gasteiger partial charge is 0.272 e. The van der Waals surface area contributed by atoms with Crippen molar-refractivity contribution in [2.45, 2.75) is 42.7 Å². The first-order chi connectivity index (χ1) is 10.3. The predicted molar refractivity (Wildman–Crippen MR) is 81.1 cm³/mol. The molecule has 122 valence electrons. The first kappa shape index (κ1) is 16.7. The maximum atomic E-state index is 11.5. The molecule has 0 amide bonds. The van der Waals surface area contributed by atoms with Crippen molar-refractivity contribution >= 4 is 21.4 Å². The van der Waals surface area contributed by atoms with Crippen molar-refractivity contribution in [1.29, 1.82) is 0 Å². The third kappa shape index (κ3) is 4.15. The second kappa shape index (κ2) is 6.59. The maximum Gasteiger partial charge on any atom is 0.272 e. The van der Waals surface area contributed by atoms with E-state index in [1.165, 1.54) is 12.1 Å². The molecular formula is C13H19N3O5S. The number of methoxy groups -OCH3 is 1. The summed E-state index contributed by atoms with van der Waals surface area (Å²) in [6.45, 7) is 0. The number of nitrogens with one attached hydrogen (secondary N) is 1. The van der Waals surface area contributed by atoms with Crippen LogP contribution in [0, 0.1) is 10.1 Å². The number of sulfonamides is 1. The lowest BCUT2D eigenvalue weighted by Gasteiger charge is -2.29. The lowest BCUT2D eigenvalue weighted by molar-refractivity contribution is -0.385. The Bertz CT molecular complexity index is 662. The van der Waals surface area contributed by atoms with Crippen LogP contribution in [0.15, 0.2) is 23.1 Å². The minimum absolute atomic E-state index is 0.0778. The van der Waals surface area contributed by atoms with E-state index in [1.807, 2.05) is 0 Å². The van der Waals surface area contributed by atoms with Crippen molar-refractivity contribution in [2.24, 2.45) is 5.14 Å². The molecule has 2 atom stereocenters. The summed E-state index contributed by atoms with van der Waals surface area (Å²) in [6.07, 6.45) is 3.76. The topological polar surface area (TPSA) is 125 Å². The molecule has 3 N–H and O–H groups in total. The van der Waals surface area contributed by atoms with Gasteiger partial charge < -0.3 is 10.1 Å². The van der Waals surface area contributed by atoms with Crippen LogP contribution in [0.3, 0.4) is 0 Å². The molecule has 1 saturated carbocycles. The average molecular weight is 329 g/mol. The predicted octanol–water partition coefficient (Wildman–Crippen LogP) is 1.61. The van der Waals surface area contributed by atoms with Gasteiger partial charge in [0.2, 0.25) is 10.0 Å². The number of nitrogens with zero attached hydrogens (tertiary/aromatic N) is 1. The Labute approximate surface area is 128 Å². The monoisotopic (exact) mass is 329 g/mol. The summed E-state index contributed by atoms with van der Waals surface area (Å²) in [7, 11) is -2.35. The van der Waals surface area contributed by atoms with Crippen molar-refractivity contribution < 1.29 is 18.1 Å². The Morgan fingerprint density at radius 2 is 2.09 bits per heavy atom. The van der Waals surface area contributed by atoms with Crippen LogP contribution in [-0.4, -0.2) is 32.6 Å². The molecule has 1 fully saturated rings. The molecular weight excluding hydrogens is 310 g/mol. The van der Waals surface area contributed by atoms with Crippen molar-refractivity contribution in [3.05, 3.63) is 28.3 Å². The van der Waals surface area contributed by atoms with Gasteiger partial charge in [0.25, 0.3) is 5.69 Å². The summed E-state index contributed by atoms with van der Waals surface area (Å²) in [6, 6.07) is 3.66. The molecule has 0 radical (unpaired) electrons. The molecule has 1 aliphatic rings. The number of primary sulfonamides is 1. The van der Waals surface area contributed by atoms with E-state index in [9.17, 15) is 18.5 Å². The summed E-state index contributed by atoms with van der Waals surface area (Å²) in [5.41, 5.74) is 0.0631. The Kier molecular flexibility index (Phi) is 4.99. The van der Waals surface area contributed by atoms with Crippen molar-refractivity contribution in [1.82, 2.24) is 0 Å². The highest BCUT2D eigenvalue weighted by Crippen LogP contribution is 2.27. The number of rotatable bonds is 5. The molecule has 0 aliphatic heterocycles. The standard InChI is InChI=1S/C13H19N3O5S/c1-21-12-4-2-3-9(6-12)15-10-5-11(16(17)18)8-13(7-10)22(14,19)20/h5,7-9,12,15H,2-4,6H2,1H3,(H2,14,19,20). The number of hydrogen-bond acceptors (Lipinski definition) is 6. The van der Waals surface area contributed by atoms with Gasteiger partial charge in [0.05, 0.1) is 15.9 Å². The molecule has 1 aromatic carbocycles. The molecule has 1 aromatic rings. The Balaban J connectivity index is 2.26. The highest BCUT2D eigenvalue weighted by molar-refractivity contribution is 7.89. The fourth-order valence-corrected chi connectivity index (χ4v) is 3.24. The number of non-ortho nitro benzene ring substituents is 1. The highest BCUT2D eigenvalue weighted by atomic mass is 32.2. The molecule has 0 spiro atoms. The van der Waals surface area contributed by atoms with Crippen molar-refractivity contribution in [3.63, 3.8) is 0 Å². The average Bonchev–Trinajstić information content (AvgIpc) is 2.46. The first-order valence-electron chi connectivity index (χ1n) is 6.91. The number of ether oxygens (including phenoxy) is 1. The highest BCUT2D eigenvalue weighted by Gasteiger charge is 2.23. The molecule has 22 heavy (non-hydrogen) atoms. The van der Waals surface area contributed by atoms with Gasteiger partial charge in [0.1, 0.15) is 0 Å². The van der Waals surface area contributed by atoms with Gasteiger partial charge in [0, 0.05) is 31.0 Å². The number of benzene rings is 1. The van der Waals surface area contributed by atoms with Gasteiger partial charge in [-0.2, -0.15) is 0 Å². The molecule has 0 aromatic heterocycles. The zero-order valence-electron chi connectivity index (χ0n) is 12.2. The van der Waals surface area contributed by atoms with Gasteiger partial charge in [0.15, 0.2) is 0 Å². The van der Waals surface area contributed by atoms with E-state index in [0.29, 0.717) is 5.69 Å². The lowest BCUT2D eigenvalue weighted by atomic mass is 9.92. The van der Waals surface area contributed by atoms with Crippen LogP contribution in [-0.2, 0) is 14.8 Å². The summed E-state index contributed by atoms with van der Waals surface area (Å²) in [5.74, 6) is 0. The summed E-state index contributed by atoms with van der Waals surface area (Å²) in [4.78, 5) is 10.0. The fraction of sp³-hybridized carbons (Fsp3) is 0.538. The third-order valence-electron chi connectivity index (χ3n) is 3.76. The summed E-state index contributed by atoms with van der Waals surface area (Å²) in [5, 5.41) is 19.2. The van der Waals surface area contributed by atoms with Gasteiger partial charge >= 0.3 is 0 Å². The minimum Gasteiger partial charge on any atom is -0.382 e. The molecule has 2 unspecified atom stereocenters. The van der Waals surface area contributed by atoms with Gasteiger partial charge in [-0.3, -0.25) is 10.1 Å². The van der Waals surface area contributed by atoms with Crippen LogP contribution in [0.25, 0.3) is 0 Å². The molecule has 2 rings (SSSR count). The van der Waals surface area contributed by atoms with E-state index in [2.05, 4.69) is 5.32 Å². The van der Waals surface area contributed by atoms with E-state index >= 15 is 0 Å². The van der Waals surface area contributed by atoms with Crippen molar-refractivity contribution in [2.75, 3.05) is 12.4 Å². The Morgan fingerprint density at radius 3 is 2.68 bits per heavy atom. The van der Waals surface area contributed by atoms with E-state index in [4.69, 9.17) is 9.88 Å². The third-order valence-corrected chi connectivity index (χ3v) is 4.65. The summed E-state index contributed by atoms with van der Waals surface area (Å²) < 4.78 is 28.3. The molecule has 0 bridgehead atoms. The minimum atomic E-state index is -4.01. The summed E-state index contributed by atoms with van der Waals surface area (Å²) >= 11 is 0. The maximum absolute atomic E-state index is 11.5. The van der Waals surface area contributed by atoms with Crippen LogP contribution in [0.4, 0.5) is 11.4 Å². The molecule has 1 aliphatic carbocycles. The van der Waals surface area contributed by atoms with E-state index in [1.54, 1.807) is 7.11 Å².